The Morgan fingerprint density at radius 1 is 1.18 bits per heavy atom. The lowest BCUT2D eigenvalue weighted by atomic mass is 10.1. The highest BCUT2D eigenvalue weighted by Gasteiger charge is 2.31. The molecule has 3 N–H and O–H groups in total. The lowest BCUT2D eigenvalue weighted by Gasteiger charge is -2.14. The number of halogens is 4. The highest BCUT2D eigenvalue weighted by molar-refractivity contribution is 6.30. The number of carbonyl (C=O) groups is 1. The average molecular weight is 497 g/mol. The Morgan fingerprint density at radius 3 is 2.56 bits per heavy atom. The predicted octanol–water partition coefficient (Wildman–Crippen LogP) is 4.23. The van der Waals surface area contributed by atoms with Crippen molar-refractivity contribution in [2.45, 2.75) is 25.7 Å². The summed E-state index contributed by atoms with van der Waals surface area (Å²) in [6, 6.07) is 12.7. The quantitative estimate of drug-likeness (QED) is 0.366. The summed E-state index contributed by atoms with van der Waals surface area (Å²) in [6.07, 6.45) is -4.25. The zero-order valence-electron chi connectivity index (χ0n) is 18.3. The largest absolute Gasteiger partial charge is 0.573 e. The van der Waals surface area contributed by atoms with Crippen molar-refractivity contribution in [2.24, 2.45) is 0 Å². The first-order chi connectivity index (χ1) is 16.2. The molecule has 34 heavy (non-hydrogen) atoms. The van der Waals surface area contributed by atoms with E-state index in [9.17, 15) is 18.0 Å². The SMILES string of the molecule is CNc1nc(Cc2cccc(OC(F)(F)F)c2)n(Cc2ccc(Cl)cc2)c1C(=O)NCCCO. The van der Waals surface area contributed by atoms with Gasteiger partial charge in [0.15, 0.2) is 11.5 Å². The number of hydrogen-bond acceptors (Lipinski definition) is 5. The zero-order chi connectivity index (χ0) is 24.7. The summed E-state index contributed by atoms with van der Waals surface area (Å²) in [6.45, 7) is 0.490. The van der Waals surface area contributed by atoms with Crippen LogP contribution in [0.15, 0.2) is 48.5 Å². The van der Waals surface area contributed by atoms with Crippen LogP contribution in [0.5, 0.6) is 5.75 Å². The Labute approximate surface area is 199 Å². The van der Waals surface area contributed by atoms with Crippen molar-refractivity contribution >= 4 is 23.3 Å². The van der Waals surface area contributed by atoms with Crippen LogP contribution >= 0.6 is 11.6 Å². The van der Waals surface area contributed by atoms with Crippen LogP contribution in [-0.4, -0.2) is 47.1 Å². The fourth-order valence-electron chi connectivity index (χ4n) is 3.38. The molecule has 1 aromatic heterocycles. The van der Waals surface area contributed by atoms with E-state index in [0.717, 1.165) is 5.56 Å². The third kappa shape index (κ3) is 6.88. The Balaban J connectivity index is 1.99. The Kier molecular flexibility index (Phi) is 8.41. The minimum absolute atomic E-state index is 0.0647. The molecule has 0 aliphatic carbocycles. The van der Waals surface area contributed by atoms with Gasteiger partial charge in [-0.15, -0.1) is 13.2 Å². The van der Waals surface area contributed by atoms with Crippen LogP contribution in [0.1, 0.15) is 33.9 Å². The second-order valence-electron chi connectivity index (χ2n) is 7.39. The molecule has 0 atom stereocenters. The normalized spacial score (nSPS) is 11.4. The molecule has 1 amide bonds. The lowest BCUT2D eigenvalue weighted by molar-refractivity contribution is -0.274. The maximum Gasteiger partial charge on any atom is 0.573 e. The summed E-state index contributed by atoms with van der Waals surface area (Å²) >= 11 is 5.99. The average Bonchev–Trinajstić information content (AvgIpc) is 3.11. The molecule has 2 aromatic carbocycles. The molecular weight excluding hydrogens is 473 g/mol. The van der Waals surface area contributed by atoms with Gasteiger partial charge in [0.05, 0.1) is 0 Å². The third-order valence-electron chi connectivity index (χ3n) is 4.87. The maximum absolute atomic E-state index is 13.0. The number of aliphatic hydroxyl groups is 1. The molecule has 0 saturated heterocycles. The van der Waals surface area contributed by atoms with Gasteiger partial charge in [-0.2, -0.15) is 0 Å². The molecule has 0 unspecified atom stereocenters. The van der Waals surface area contributed by atoms with Gasteiger partial charge < -0.3 is 25.0 Å². The number of aliphatic hydroxyl groups excluding tert-OH is 1. The summed E-state index contributed by atoms with van der Waals surface area (Å²) < 4.78 is 43.6. The fourth-order valence-corrected chi connectivity index (χ4v) is 3.51. The Morgan fingerprint density at radius 2 is 1.91 bits per heavy atom. The molecule has 0 saturated carbocycles. The first-order valence-electron chi connectivity index (χ1n) is 10.5. The molecule has 182 valence electrons. The molecule has 0 bridgehead atoms. The number of amides is 1. The van der Waals surface area contributed by atoms with Gasteiger partial charge >= 0.3 is 6.36 Å². The number of rotatable bonds is 10. The highest BCUT2D eigenvalue weighted by atomic mass is 35.5. The van der Waals surface area contributed by atoms with E-state index in [2.05, 4.69) is 20.4 Å². The van der Waals surface area contributed by atoms with Crippen LogP contribution in [-0.2, 0) is 13.0 Å². The molecule has 0 aliphatic rings. The second kappa shape index (κ2) is 11.3. The van der Waals surface area contributed by atoms with Crippen LogP contribution < -0.4 is 15.4 Å². The van der Waals surface area contributed by atoms with Crippen LogP contribution in [0.3, 0.4) is 0 Å². The van der Waals surface area contributed by atoms with Crippen LogP contribution in [0.25, 0.3) is 0 Å². The molecule has 3 rings (SSSR count). The van der Waals surface area contributed by atoms with Crippen molar-refractivity contribution < 1.29 is 27.8 Å². The molecule has 7 nitrogen and oxygen atoms in total. The number of carbonyl (C=O) groups excluding carboxylic acids is 1. The molecule has 3 aromatic rings. The number of benzene rings is 2. The number of alkyl halides is 3. The van der Waals surface area contributed by atoms with E-state index in [0.29, 0.717) is 28.6 Å². The molecule has 0 fully saturated rings. The first-order valence-corrected chi connectivity index (χ1v) is 10.8. The lowest BCUT2D eigenvalue weighted by Crippen LogP contribution is -2.28. The van der Waals surface area contributed by atoms with Gasteiger partial charge in [-0.25, -0.2) is 4.98 Å². The van der Waals surface area contributed by atoms with Gasteiger partial charge in [-0.3, -0.25) is 4.79 Å². The van der Waals surface area contributed by atoms with E-state index in [1.165, 1.54) is 18.2 Å². The van der Waals surface area contributed by atoms with Crippen molar-refractivity contribution in [3.05, 3.63) is 76.2 Å². The van der Waals surface area contributed by atoms with Crippen LogP contribution in [0.4, 0.5) is 19.0 Å². The molecule has 0 aliphatic heterocycles. The zero-order valence-corrected chi connectivity index (χ0v) is 19.1. The molecular formula is C23H24ClF3N4O3. The molecule has 11 heteroatoms. The van der Waals surface area contributed by atoms with Crippen molar-refractivity contribution in [1.29, 1.82) is 0 Å². The predicted molar refractivity (Wildman–Crippen MR) is 122 cm³/mol. The molecule has 0 spiro atoms. The fraction of sp³-hybridized carbons (Fsp3) is 0.304. The van der Waals surface area contributed by atoms with Crippen molar-refractivity contribution in [3.63, 3.8) is 0 Å². The summed E-state index contributed by atoms with van der Waals surface area (Å²) in [4.78, 5) is 17.5. The van der Waals surface area contributed by atoms with Crippen molar-refractivity contribution in [3.8, 4) is 5.75 Å². The number of anilines is 1. The van der Waals surface area contributed by atoms with Crippen molar-refractivity contribution in [1.82, 2.24) is 14.9 Å². The van der Waals surface area contributed by atoms with Gasteiger partial charge in [-0.05, 0) is 41.8 Å². The van der Waals surface area contributed by atoms with Gasteiger partial charge in [0.25, 0.3) is 5.91 Å². The van der Waals surface area contributed by atoms with Crippen LogP contribution in [0.2, 0.25) is 5.02 Å². The number of imidazole rings is 1. The molecule has 1 heterocycles. The monoisotopic (exact) mass is 496 g/mol. The minimum Gasteiger partial charge on any atom is -0.406 e. The third-order valence-corrected chi connectivity index (χ3v) is 5.12. The summed E-state index contributed by atoms with van der Waals surface area (Å²) in [5.74, 6) is 0.0696. The highest BCUT2D eigenvalue weighted by Crippen LogP contribution is 2.26. The second-order valence-corrected chi connectivity index (χ2v) is 7.83. The van der Waals surface area contributed by atoms with E-state index in [1.54, 1.807) is 29.8 Å². The number of nitrogens with zero attached hydrogens (tertiary/aromatic N) is 2. The summed E-state index contributed by atoms with van der Waals surface area (Å²) in [5, 5.41) is 15.2. The smallest absolute Gasteiger partial charge is 0.406 e. The van der Waals surface area contributed by atoms with Crippen molar-refractivity contribution in [2.75, 3.05) is 25.5 Å². The number of ether oxygens (including phenoxy) is 1. The number of hydrogen-bond donors (Lipinski definition) is 3. The number of aromatic nitrogens is 2. The van der Waals surface area contributed by atoms with Gasteiger partial charge in [0, 0.05) is 38.2 Å². The van der Waals surface area contributed by atoms with E-state index in [-0.39, 0.29) is 43.5 Å². The Bertz CT molecular complexity index is 1120. The topological polar surface area (TPSA) is 88.4 Å². The number of nitrogens with one attached hydrogen (secondary N) is 2. The standard InChI is InChI=1S/C23H24ClF3N4O3/c1-28-21-20(22(33)29-10-3-11-32)31(14-15-6-8-17(24)9-7-15)19(30-21)13-16-4-2-5-18(12-16)34-23(25,26)27/h2,4-9,12,28,32H,3,10-11,13-14H2,1H3,(H,29,33). The maximum atomic E-state index is 13.0. The van der Waals surface area contributed by atoms with E-state index < -0.39 is 6.36 Å². The van der Waals surface area contributed by atoms with E-state index >= 15 is 0 Å². The van der Waals surface area contributed by atoms with E-state index in [4.69, 9.17) is 16.7 Å². The van der Waals surface area contributed by atoms with Gasteiger partial charge in [0.1, 0.15) is 11.6 Å². The first kappa shape index (κ1) is 25.4. The van der Waals surface area contributed by atoms with Crippen LogP contribution in [0, 0.1) is 0 Å². The summed E-state index contributed by atoms with van der Waals surface area (Å²) in [7, 11) is 1.63. The van der Waals surface area contributed by atoms with Gasteiger partial charge in [-0.1, -0.05) is 35.9 Å². The minimum atomic E-state index is -4.80. The Hall–Kier alpha value is -3.24. The molecule has 0 radical (unpaired) electrons. The summed E-state index contributed by atoms with van der Waals surface area (Å²) in [5.41, 5.74) is 1.65. The van der Waals surface area contributed by atoms with E-state index in [1.807, 2.05) is 12.1 Å². The van der Waals surface area contributed by atoms with Gasteiger partial charge in [0.2, 0.25) is 0 Å².